The van der Waals surface area contributed by atoms with Gasteiger partial charge in [-0.3, -0.25) is 39.1 Å². The van der Waals surface area contributed by atoms with Gasteiger partial charge in [0, 0.05) is 74.3 Å². The standard InChI is InChI=1S/C44H50ClN9O6/c1-43(2)41(44(3,4)42(43)60-29-7-5-27(25-46)32(45)24-29)48-37(56)33-9-11-35(50-49-33)53-17-14-26(15-18-53)13-16-51-19-21-52(22-20-51)28-6-8-30-31(23-28)40(59)54(39(30)58)34-10-12-36(55)47-38(34)57/h5-9,11,23-24,26,34,41-42H,10,12-22H2,1-4H3,(H,48,56)(H,47,55,57)/t34?,41-,42-. The molecule has 5 amide bonds. The van der Waals surface area contributed by atoms with Crippen molar-refractivity contribution in [2.75, 3.05) is 55.6 Å². The maximum atomic E-state index is 13.4. The number of nitriles is 1. The predicted octanol–water partition coefficient (Wildman–Crippen LogP) is 4.44. The molecule has 3 saturated heterocycles. The number of piperazine rings is 1. The van der Waals surface area contributed by atoms with Gasteiger partial charge in [-0.1, -0.05) is 39.3 Å². The molecule has 5 heterocycles. The summed E-state index contributed by atoms with van der Waals surface area (Å²) in [6, 6.07) is 14.9. The number of halogens is 1. The van der Waals surface area contributed by atoms with Crippen molar-refractivity contribution in [3.63, 3.8) is 0 Å². The maximum Gasteiger partial charge on any atom is 0.272 e. The monoisotopic (exact) mass is 835 g/mol. The fourth-order valence-electron chi connectivity index (χ4n) is 10.1. The van der Waals surface area contributed by atoms with E-state index in [9.17, 15) is 29.2 Å². The second-order valence-electron chi connectivity index (χ2n) is 17.8. The van der Waals surface area contributed by atoms with E-state index >= 15 is 0 Å². The summed E-state index contributed by atoms with van der Waals surface area (Å²) in [4.78, 5) is 71.8. The second kappa shape index (κ2) is 16.1. The van der Waals surface area contributed by atoms with Gasteiger partial charge in [0.15, 0.2) is 11.5 Å². The Hall–Kier alpha value is -5.59. The minimum atomic E-state index is -0.977. The van der Waals surface area contributed by atoms with Crippen molar-refractivity contribution >= 4 is 52.6 Å². The molecular formula is C44H50ClN9O6. The van der Waals surface area contributed by atoms with Gasteiger partial charge in [-0.25, -0.2) is 0 Å². The Morgan fingerprint density at radius 2 is 1.60 bits per heavy atom. The van der Waals surface area contributed by atoms with Crippen LogP contribution in [-0.2, 0) is 9.59 Å². The Balaban J connectivity index is 0.769. The number of nitrogens with one attached hydrogen (secondary N) is 2. The SMILES string of the molecule is CC1(C)[C@H](NC(=O)c2ccc(N3CCC(CCN4CCN(c5ccc6c(c5)C(=O)N(C5CCC(=O)NC5=O)C6=O)CC4)CC3)nn2)C(C)(C)[C@H]1Oc1ccc(C#N)c(Cl)c1. The maximum absolute atomic E-state index is 13.4. The van der Waals surface area contributed by atoms with Crippen molar-refractivity contribution in [2.45, 2.75) is 78.0 Å². The largest absolute Gasteiger partial charge is 0.489 e. The molecule has 5 aliphatic rings. The average molecular weight is 836 g/mol. The highest BCUT2D eigenvalue weighted by atomic mass is 35.5. The van der Waals surface area contributed by atoms with Crippen molar-refractivity contribution in [3.05, 3.63) is 75.9 Å². The number of carbonyl (C=O) groups is 5. The summed E-state index contributed by atoms with van der Waals surface area (Å²) in [5.74, 6) is -0.330. The summed E-state index contributed by atoms with van der Waals surface area (Å²) in [7, 11) is 0. The number of benzene rings is 2. The molecule has 0 bridgehead atoms. The zero-order valence-electron chi connectivity index (χ0n) is 34.4. The zero-order valence-corrected chi connectivity index (χ0v) is 35.1. The number of hydrogen-bond donors (Lipinski definition) is 2. The molecule has 4 fully saturated rings. The van der Waals surface area contributed by atoms with Crippen LogP contribution in [0, 0.1) is 28.1 Å². The van der Waals surface area contributed by atoms with Gasteiger partial charge in [0.1, 0.15) is 24.0 Å². The third kappa shape index (κ3) is 7.67. The number of aromatic nitrogens is 2. The number of fused-ring (bicyclic) bond motifs is 1. The molecule has 0 radical (unpaired) electrons. The molecule has 0 spiro atoms. The molecule has 1 atom stereocenters. The molecule has 1 aliphatic carbocycles. The molecule has 16 heteroatoms. The first-order valence-corrected chi connectivity index (χ1v) is 21.1. The molecular weight excluding hydrogens is 786 g/mol. The van der Waals surface area contributed by atoms with Gasteiger partial charge in [0.2, 0.25) is 11.8 Å². The third-order valence-corrected chi connectivity index (χ3v) is 13.6. The number of carbonyl (C=O) groups excluding carboxylic acids is 5. The molecule has 60 heavy (non-hydrogen) atoms. The van der Waals surface area contributed by atoms with Gasteiger partial charge < -0.3 is 19.9 Å². The van der Waals surface area contributed by atoms with Crippen LogP contribution < -0.4 is 25.2 Å². The summed E-state index contributed by atoms with van der Waals surface area (Å²) in [5, 5.41) is 23.7. The number of rotatable bonds is 10. The number of imide groups is 2. The van der Waals surface area contributed by atoms with Crippen molar-refractivity contribution < 1.29 is 28.7 Å². The summed E-state index contributed by atoms with van der Waals surface area (Å²) < 4.78 is 6.36. The van der Waals surface area contributed by atoms with Gasteiger partial charge in [0.25, 0.3) is 17.7 Å². The first-order chi connectivity index (χ1) is 28.6. The smallest absolute Gasteiger partial charge is 0.272 e. The van der Waals surface area contributed by atoms with Crippen LogP contribution >= 0.6 is 11.6 Å². The summed E-state index contributed by atoms with van der Waals surface area (Å²) in [5.41, 5.74) is 1.33. The Labute approximate surface area is 354 Å². The van der Waals surface area contributed by atoms with Crippen molar-refractivity contribution in [3.8, 4) is 11.8 Å². The highest BCUT2D eigenvalue weighted by Crippen LogP contribution is 2.55. The molecule has 314 valence electrons. The highest BCUT2D eigenvalue weighted by Gasteiger charge is 2.64. The topological polar surface area (TPSA) is 181 Å². The Kier molecular flexibility index (Phi) is 11.1. The van der Waals surface area contributed by atoms with Gasteiger partial charge >= 0.3 is 0 Å². The van der Waals surface area contributed by atoms with E-state index in [1.807, 2.05) is 12.1 Å². The third-order valence-electron chi connectivity index (χ3n) is 13.3. The van der Waals surface area contributed by atoms with Crippen LogP contribution in [0.1, 0.15) is 96.6 Å². The quantitative estimate of drug-likeness (QED) is 0.275. The van der Waals surface area contributed by atoms with Crippen LogP contribution in [-0.4, -0.2) is 114 Å². The van der Waals surface area contributed by atoms with Crippen LogP contribution in [0.15, 0.2) is 48.5 Å². The minimum absolute atomic E-state index is 0.0880. The fourth-order valence-corrected chi connectivity index (χ4v) is 10.3. The van der Waals surface area contributed by atoms with Crippen LogP contribution in [0.5, 0.6) is 5.75 Å². The molecule has 15 nitrogen and oxygen atoms in total. The number of anilines is 2. The van der Waals surface area contributed by atoms with Gasteiger partial charge in [-0.15, -0.1) is 10.2 Å². The molecule has 1 aromatic heterocycles. The summed E-state index contributed by atoms with van der Waals surface area (Å²) in [6.07, 6.45) is 3.20. The van der Waals surface area contributed by atoms with E-state index in [2.05, 4.69) is 69.3 Å². The Morgan fingerprint density at radius 3 is 2.25 bits per heavy atom. The molecule has 8 rings (SSSR count). The Bertz CT molecular complexity index is 2240. The predicted molar refractivity (Wildman–Crippen MR) is 223 cm³/mol. The summed E-state index contributed by atoms with van der Waals surface area (Å²) >= 11 is 6.24. The number of hydrogen-bond acceptors (Lipinski definition) is 12. The van der Waals surface area contributed by atoms with Gasteiger partial charge in [0.05, 0.1) is 21.7 Å². The van der Waals surface area contributed by atoms with Crippen LogP contribution in [0.4, 0.5) is 11.5 Å². The second-order valence-corrected chi connectivity index (χ2v) is 18.2. The fraction of sp³-hybridized carbons (Fsp3) is 0.500. The van der Waals surface area contributed by atoms with Crippen LogP contribution in [0.25, 0.3) is 0 Å². The van der Waals surface area contributed by atoms with E-state index in [1.165, 1.54) is 0 Å². The lowest BCUT2D eigenvalue weighted by molar-refractivity contribution is -0.164. The first kappa shape index (κ1) is 41.2. The molecule has 2 aromatic carbocycles. The lowest BCUT2D eigenvalue weighted by atomic mass is 9.49. The highest BCUT2D eigenvalue weighted by molar-refractivity contribution is 6.31. The van der Waals surface area contributed by atoms with E-state index in [1.54, 1.807) is 36.4 Å². The van der Waals surface area contributed by atoms with E-state index in [0.29, 0.717) is 27.8 Å². The lowest BCUT2D eigenvalue weighted by Crippen LogP contribution is -2.74. The van der Waals surface area contributed by atoms with E-state index in [-0.39, 0.29) is 42.2 Å². The number of amides is 5. The van der Waals surface area contributed by atoms with Crippen molar-refractivity contribution in [1.29, 1.82) is 5.26 Å². The first-order valence-electron chi connectivity index (χ1n) is 20.7. The van der Waals surface area contributed by atoms with E-state index < -0.39 is 40.5 Å². The van der Waals surface area contributed by atoms with Gasteiger partial charge in [-0.05, 0) is 80.6 Å². The molecule has 2 N–H and O–H groups in total. The molecule has 1 saturated carbocycles. The zero-order chi connectivity index (χ0) is 42.5. The minimum Gasteiger partial charge on any atom is -0.489 e. The van der Waals surface area contributed by atoms with Crippen molar-refractivity contribution in [2.24, 2.45) is 16.7 Å². The van der Waals surface area contributed by atoms with E-state index in [0.717, 1.165) is 81.5 Å². The lowest BCUT2D eigenvalue weighted by Gasteiger charge is -2.63. The summed E-state index contributed by atoms with van der Waals surface area (Å²) in [6.45, 7) is 14.4. The van der Waals surface area contributed by atoms with E-state index in [4.69, 9.17) is 16.3 Å². The molecule has 3 aromatic rings. The molecule has 1 unspecified atom stereocenters. The van der Waals surface area contributed by atoms with Crippen LogP contribution in [0.3, 0.4) is 0 Å². The normalized spacial score (nSPS) is 24.1. The van der Waals surface area contributed by atoms with Gasteiger partial charge in [-0.2, -0.15) is 5.26 Å². The van der Waals surface area contributed by atoms with Crippen LogP contribution in [0.2, 0.25) is 5.02 Å². The average Bonchev–Trinajstić information content (AvgIpc) is 3.49. The Morgan fingerprint density at radius 1 is 0.883 bits per heavy atom. The number of piperidine rings is 2. The molecule has 4 aliphatic heterocycles. The number of ether oxygens (including phenoxy) is 1. The number of nitrogens with zero attached hydrogens (tertiary/aromatic N) is 7. The van der Waals surface area contributed by atoms with Crippen molar-refractivity contribution in [1.82, 2.24) is 30.6 Å².